The van der Waals surface area contributed by atoms with E-state index in [0.717, 1.165) is 18.8 Å². The molecular formula is C14H25N3O2. The van der Waals surface area contributed by atoms with E-state index in [2.05, 4.69) is 23.8 Å². The van der Waals surface area contributed by atoms with Gasteiger partial charge in [0, 0.05) is 19.4 Å². The molecule has 2 aliphatic rings. The maximum atomic E-state index is 6.06. The van der Waals surface area contributed by atoms with Crippen LogP contribution in [0.4, 0.5) is 0 Å². The van der Waals surface area contributed by atoms with Crippen LogP contribution in [0.15, 0.2) is 17.6 Å². The lowest BCUT2D eigenvalue weighted by molar-refractivity contribution is -0.190. The molecule has 0 aromatic heterocycles. The quantitative estimate of drug-likeness (QED) is 0.459. The molecule has 19 heavy (non-hydrogen) atoms. The summed E-state index contributed by atoms with van der Waals surface area (Å²) in [5.41, 5.74) is 5.72. The highest BCUT2D eigenvalue weighted by atomic mass is 16.7. The van der Waals surface area contributed by atoms with Crippen molar-refractivity contribution in [2.45, 2.75) is 44.5 Å². The molecule has 5 heteroatoms. The van der Waals surface area contributed by atoms with Gasteiger partial charge in [-0.15, -0.1) is 6.58 Å². The number of rotatable bonds is 4. The van der Waals surface area contributed by atoms with Gasteiger partial charge in [0.2, 0.25) is 0 Å². The molecule has 5 nitrogen and oxygen atoms in total. The van der Waals surface area contributed by atoms with E-state index >= 15 is 0 Å². The van der Waals surface area contributed by atoms with E-state index in [9.17, 15) is 0 Å². The monoisotopic (exact) mass is 267 g/mol. The molecule has 1 aliphatic carbocycles. The molecule has 1 saturated heterocycles. The van der Waals surface area contributed by atoms with Crippen LogP contribution in [-0.2, 0) is 9.47 Å². The predicted molar refractivity (Wildman–Crippen MR) is 75.9 cm³/mol. The number of nitrogens with one attached hydrogen (secondary N) is 1. The Bertz CT molecular complexity index is 336. The average molecular weight is 267 g/mol. The molecule has 0 amide bonds. The van der Waals surface area contributed by atoms with Crippen molar-refractivity contribution in [3.05, 3.63) is 12.7 Å². The average Bonchev–Trinajstić information content (AvgIpc) is 2.81. The normalized spacial score (nSPS) is 35.5. The second-order valence-electron chi connectivity index (χ2n) is 5.54. The van der Waals surface area contributed by atoms with Crippen molar-refractivity contribution in [3.8, 4) is 0 Å². The lowest BCUT2D eigenvalue weighted by Crippen LogP contribution is -2.36. The smallest absolute Gasteiger partial charge is 0.188 e. The van der Waals surface area contributed by atoms with Gasteiger partial charge in [0.05, 0.1) is 13.2 Å². The number of hydrogen-bond donors (Lipinski definition) is 2. The first-order chi connectivity index (χ1) is 9.13. The fourth-order valence-electron chi connectivity index (χ4n) is 2.60. The number of nitrogens with two attached hydrogens (primary N) is 1. The molecule has 0 aromatic rings. The van der Waals surface area contributed by atoms with E-state index in [1.165, 1.54) is 12.8 Å². The van der Waals surface area contributed by atoms with E-state index in [4.69, 9.17) is 15.2 Å². The van der Waals surface area contributed by atoms with Crippen LogP contribution >= 0.6 is 0 Å². The summed E-state index contributed by atoms with van der Waals surface area (Å²) in [6.07, 6.45) is 6.13. The maximum absolute atomic E-state index is 6.06. The van der Waals surface area contributed by atoms with Crippen molar-refractivity contribution in [3.63, 3.8) is 0 Å². The predicted octanol–water partition coefficient (Wildman–Crippen LogP) is 1.40. The summed E-state index contributed by atoms with van der Waals surface area (Å²) in [6.45, 7) is 7.69. The fourth-order valence-corrected chi connectivity index (χ4v) is 2.60. The second-order valence-corrected chi connectivity index (χ2v) is 5.54. The summed E-state index contributed by atoms with van der Waals surface area (Å²) in [5.74, 6) is 0.881. The molecule has 2 fully saturated rings. The summed E-state index contributed by atoms with van der Waals surface area (Å²) in [7, 11) is 0. The third kappa shape index (κ3) is 3.94. The topological polar surface area (TPSA) is 68.9 Å². The second kappa shape index (κ2) is 6.39. The van der Waals surface area contributed by atoms with Gasteiger partial charge in [0.1, 0.15) is 6.10 Å². The SMILES string of the molecule is C=CCNC(N)=NCC1COC2(CCC(C)CC2)O1. The Morgan fingerprint density at radius 2 is 2.26 bits per heavy atom. The number of aliphatic imine (C=N–C) groups is 1. The highest BCUT2D eigenvalue weighted by molar-refractivity contribution is 5.77. The first kappa shape index (κ1) is 14.3. The van der Waals surface area contributed by atoms with E-state index in [1.807, 2.05) is 0 Å². The third-order valence-electron chi connectivity index (χ3n) is 3.84. The maximum Gasteiger partial charge on any atom is 0.188 e. The Balaban J connectivity index is 1.77. The zero-order valence-electron chi connectivity index (χ0n) is 11.7. The van der Waals surface area contributed by atoms with Gasteiger partial charge in [-0.3, -0.25) is 4.99 Å². The molecule has 1 heterocycles. The summed E-state index contributed by atoms with van der Waals surface area (Å²) in [5, 5.41) is 2.95. The van der Waals surface area contributed by atoms with Crippen LogP contribution in [-0.4, -0.2) is 37.5 Å². The van der Waals surface area contributed by atoms with Crippen LogP contribution in [0.1, 0.15) is 32.6 Å². The first-order valence-corrected chi connectivity index (χ1v) is 7.10. The number of nitrogens with zero attached hydrogens (tertiary/aromatic N) is 1. The van der Waals surface area contributed by atoms with Crippen molar-refractivity contribution in [2.75, 3.05) is 19.7 Å². The number of hydrogen-bond acceptors (Lipinski definition) is 3. The van der Waals surface area contributed by atoms with Crippen LogP contribution in [0.25, 0.3) is 0 Å². The summed E-state index contributed by atoms with van der Waals surface area (Å²) < 4.78 is 11.9. The van der Waals surface area contributed by atoms with E-state index in [0.29, 0.717) is 25.7 Å². The molecule has 2 rings (SSSR count). The number of ether oxygens (including phenoxy) is 2. The Labute approximate surface area is 115 Å². The molecule has 1 aliphatic heterocycles. The lowest BCUT2D eigenvalue weighted by Gasteiger charge is -2.34. The summed E-state index contributed by atoms with van der Waals surface area (Å²) >= 11 is 0. The van der Waals surface area contributed by atoms with Crippen molar-refractivity contribution >= 4 is 5.96 Å². The van der Waals surface area contributed by atoms with Gasteiger partial charge in [-0.2, -0.15) is 0 Å². The van der Waals surface area contributed by atoms with Gasteiger partial charge in [-0.1, -0.05) is 13.0 Å². The largest absolute Gasteiger partial charge is 0.370 e. The minimum atomic E-state index is -0.337. The Kier molecular flexibility index (Phi) is 4.82. The van der Waals surface area contributed by atoms with Gasteiger partial charge in [0.15, 0.2) is 11.7 Å². The van der Waals surface area contributed by atoms with Gasteiger partial charge in [-0.25, -0.2) is 0 Å². The lowest BCUT2D eigenvalue weighted by atomic mass is 9.86. The zero-order chi connectivity index (χ0) is 13.7. The molecule has 1 unspecified atom stereocenters. The Morgan fingerprint density at radius 1 is 1.53 bits per heavy atom. The highest BCUT2D eigenvalue weighted by Gasteiger charge is 2.43. The Morgan fingerprint density at radius 3 is 2.95 bits per heavy atom. The molecule has 3 N–H and O–H groups in total. The van der Waals surface area contributed by atoms with Crippen molar-refractivity contribution in [1.29, 1.82) is 0 Å². The van der Waals surface area contributed by atoms with Crippen LogP contribution in [0.5, 0.6) is 0 Å². The first-order valence-electron chi connectivity index (χ1n) is 7.10. The standard InChI is InChI=1S/C14H25N3O2/c1-3-8-16-13(15)17-9-12-10-18-14(19-12)6-4-11(2)5-7-14/h3,11-12H,1,4-10H2,2H3,(H3,15,16,17). The minimum Gasteiger partial charge on any atom is -0.370 e. The van der Waals surface area contributed by atoms with Crippen molar-refractivity contribution in [2.24, 2.45) is 16.6 Å². The molecule has 0 aromatic carbocycles. The van der Waals surface area contributed by atoms with Gasteiger partial charge in [0.25, 0.3) is 0 Å². The molecular weight excluding hydrogens is 242 g/mol. The van der Waals surface area contributed by atoms with E-state index in [-0.39, 0.29) is 11.9 Å². The van der Waals surface area contributed by atoms with E-state index in [1.54, 1.807) is 6.08 Å². The molecule has 1 atom stereocenters. The zero-order valence-corrected chi connectivity index (χ0v) is 11.7. The van der Waals surface area contributed by atoms with Crippen LogP contribution in [0.2, 0.25) is 0 Å². The van der Waals surface area contributed by atoms with Crippen LogP contribution in [0, 0.1) is 5.92 Å². The highest BCUT2D eigenvalue weighted by Crippen LogP contribution is 2.39. The van der Waals surface area contributed by atoms with Crippen LogP contribution in [0.3, 0.4) is 0 Å². The third-order valence-corrected chi connectivity index (χ3v) is 3.84. The van der Waals surface area contributed by atoms with Gasteiger partial charge in [-0.05, 0) is 18.8 Å². The summed E-state index contributed by atoms with van der Waals surface area (Å²) in [6, 6.07) is 0. The fraction of sp³-hybridized carbons (Fsp3) is 0.786. The van der Waals surface area contributed by atoms with Gasteiger partial charge >= 0.3 is 0 Å². The molecule has 0 bridgehead atoms. The van der Waals surface area contributed by atoms with Crippen molar-refractivity contribution < 1.29 is 9.47 Å². The summed E-state index contributed by atoms with van der Waals surface area (Å²) in [4.78, 5) is 4.27. The molecule has 108 valence electrons. The number of guanidine groups is 1. The van der Waals surface area contributed by atoms with Crippen molar-refractivity contribution in [1.82, 2.24) is 5.32 Å². The van der Waals surface area contributed by atoms with Crippen LogP contribution < -0.4 is 11.1 Å². The molecule has 1 spiro atoms. The van der Waals surface area contributed by atoms with E-state index < -0.39 is 0 Å². The van der Waals surface area contributed by atoms with Gasteiger partial charge < -0.3 is 20.5 Å². The molecule has 1 saturated carbocycles. The minimum absolute atomic E-state index is 0.0255. The Hall–Kier alpha value is -1.07. The molecule has 0 radical (unpaired) electrons.